The highest BCUT2D eigenvalue weighted by Gasteiger charge is 2.34. The lowest BCUT2D eigenvalue weighted by Gasteiger charge is -2.19. The van der Waals surface area contributed by atoms with Crippen LogP contribution in [0.4, 0.5) is 17.6 Å². The van der Waals surface area contributed by atoms with Gasteiger partial charge in [0.1, 0.15) is 5.82 Å². The minimum Gasteiger partial charge on any atom is -0.356 e. The van der Waals surface area contributed by atoms with Crippen LogP contribution in [0, 0.1) is 5.82 Å². The standard InChI is InChI=1S/C19H24F4N6/c1-24-18(26-16-7-10-28(12-16)13-19(21,22)23)25-9-6-15-8-11-29(27-15)17-4-2-14(20)3-5-17/h2-5,8,11,16H,6-7,9-10,12-13H2,1H3,(H2,24,25,26). The van der Waals surface area contributed by atoms with Crippen LogP contribution < -0.4 is 10.6 Å². The van der Waals surface area contributed by atoms with Gasteiger partial charge in [0.05, 0.1) is 17.9 Å². The maximum absolute atomic E-state index is 13.0. The van der Waals surface area contributed by atoms with Crippen LogP contribution in [0.2, 0.25) is 0 Å². The van der Waals surface area contributed by atoms with Gasteiger partial charge in [-0.3, -0.25) is 9.89 Å². The van der Waals surface area contributed by atoms with Crippen molar-refractivity contribution in [1.29, 1.82) is 0 Å². The quantitative estimate of drug-likeness (QED) is 0.435. The van der Waals surface area contributed by atoms with E-state index in [1.165, 1.54) is 17.0 Å². The van der Waals surface area contributed by atoms with E-state index in [1.807, 2.05) is 12.3 Å². The highest BCUT2D eigenvalue weighted by molar-refractivity contribution is 5.80. The molecule has 29 heavy (non-hydrogen) atoms. The Morgan fingerprint density at radius 2 is 2.00 bits per heavy atom. The second-order valence-corrected chi connectivity index (χ2v) is 6.96. The Kier molecular flexibility index (Phi) is 6.73. The number of aromatic nitrogens is 2. The molecular formula is C19H24F4N6. The molecule has 1 atom stereocenters. The van der Waals surface area contributed by atoms with Gasteiger partial charge in [0, 0.05) is 45.3 Å². The third-order valence-electron chi connectivity index (χ3n) is 4.65. The van der Waals surface area contributed by atoms with Crippen LogP contribution in [0.25, 0.3) is 5.69 Å². The fraction of sp³-hybridized carbons (Fsp3) is 0.474. The molecule has 1 aromatic heterocycles. The molecule has 158 valence electrons. The molecule has 1 fully saturated rings. The Bertz CT molecular complexity index is 815. The van der Waals surface area contributed by atoms with Crippen molar-refractivity contribution in [2.45, 2.75) is 25.1 Å². The lowest BCUT2D eigenvalue weighted by atomic mass is 10.3. The van der Waals surface area contributed by atoms with Crippen LogP contribution in [-0.2, 0) is 6.42 Å². The molecule has 1 aromatic carbocycles. The second kappa shape index (κ2) is 9.25. The lowest BCUT2D eigenvalue weighted by molar-refractivity contribution is -0.143. The first-order valence-corrected chi connectivity index (χ1v) is 9.39. The summed E-state index contributed by atoms with van der Waals surface area (Å²) < 4.78 is 52.2. The number of likely N-dealkylation sites (tertiary alicyclic amines) is 1. The van der Waals surface area contributed by atoms with Crippen LogP contribution in [0.3, 0.4) is 0 Å². The Balaban J connectivity index is 1.43. The van der Waals surface area contributed by atoms with Gasteiger partial charge in [-0.25, -0.2) is 9.07 Å². The third-order valence-corrected chi connectivity index (χ3v) is 4.65. The fourth-order valence-corrected chi connectivity index (χ4v) is 3.28. The number of aliphatic imine (C=N–C) groups is 1. The molecule has 2 aromatic rings. The zero-order valence-corrected chi connectivity index (χ0v) is 16.1. The van der Waals surface area contributed by atoms with E-state index in [-0.39, 0.29) is 11.9 Å². The molecule has 10 heteroatoms. The Hall–Kier alpha value is -2.62. The van der Waals surface area contributed by atoms with E-state index < -0.39 is 12.7 Å². The summed E-state index contributed by atoms with van der Waals surface area (Å²) in [5.41, 5.74) is 1.63. The van der Waals surface area contributed by atoms with E-state index in [0.717, 1.165) is 11.4 Å². The number of halogens is 4. The van der Waals surface area contributed by atoms with Gasteiger partial charge in [-0.2, -0.15) is 18.3 Å². The molecular weight excluding hydrogens is 388 g/mol. The van der Waals surface area contributed by atoms with Gasteiger partial charge in [-0.05, 0) is 36.8 Å². The Morgan fingerprint density at radius 3 is 2.69 bits per heavy atom. The van der Waals surface area contributed by atoms with Crippen molar-refractivity contribution in [3.05, 3.63) is 48.0 Å². The molecule has 0 amide bonds. The second-order valence-electron chi connectivity index (χ2n) is 6.96. The van der Waals surface area contributed by atoms with Crippen LogP contribution in [-0.4, -0.2) is 66.1 Å². The number of guanidine groups is 1. The molecule has 1 aliphatic rings. The number of benzene rings is 1. The van der Waals surface area contributed by atoms with Gasteiger partial charge >= 0.3 is 6.18 Å². The zero-order valence-electron chi connectivity index (χ0n) is 16.1. The predicted octanol–water partition coefficient (Wildman–Crippen LogP) is 2.36. The molecule has 1 saturated heterocycles. The van der Waals surface area contributed by atoms with Gasteiger partial charge < -0.3 is 10.6 Å². The number of rotatable bonds is 6. The van der Waals surface area contributed by atoms with Crippen molar-refractivity contribution < 1.29 is 17.6 Å². The molecule has 2 N–H and O–H groups in total. The van der Waals surface area contributed by atoms with Gasteiger partial charge in [-0.15, -0.1) is 0 Å². The summed E-state index contributed by atoms with van der Waals surface area (Å²) in [6.07, 6.45) is -1.09. The largest absolute Gasteiger partial charge is 0.401 e. The van der Waals surface area contributed by atoms with Crippen molar-refractivity contribution in [2.75, 3.05) is 33.2 Å². The van der Waals surface area contributed by atoms with Crippen molar-refractivity contribution in [1.82, 2.24) is 25.3 Å². The molecule has 0 aliphatic carbocycles. The zero-order chi connectivity index (χ0) is 20.9. The van der Waals surface area contributed by atoms with Gasteiger partial charge in [0.25, 0.3) is 0 Å². The normalized spacial score (nSPS) is 18.2. The van der Waals surface area contributed by atoms with Gasteiger partial charge in [-0.1, -0.05) is 0 Å². The Morgan fingerprint density at radius 1 is 1.24 bits per heavy atom. The Labute approximate surface area is 166 Å². The van der Waals surface area contributed by atoms with Crippen molar-refractivity contribution in [2.24, 2.45) is 4.99 Å². The molecule has 0 radical (unpaired) electrons. The maximum Gasteiger partial charge on any atom is 0.401 e. The monoisotopic (exact) mass is 412 g/mol. The summed E-state index contributed by atoms with van der Waals surface area (Å²) >= 11 is 0. The van der Waals surface area contributed by atoms with E-state index in [0.29, 0.717) is 38.4 Å². The summed E-state index contributed by atoms with van der Waals surface area (Å²) in [6.45, 7) is 0.435. The van der Waals surface area contributed by atoms with Gasteiger partial charge in [0.15, 0.2) is 5.96 Å². The van der Waals surface area contributed by atoms with E-state index >= 15 is 0 Å². The number of nitrogens with one attached hydrogen (secondary N) is 2. The van der Waals surface area contributed by atoms with Crippen molar-refractivity contribution >= 4 is 5.96 Å². The third kappa shape index (κ3) is 6.45. The highest BCUT2D eigenvalue weighted by atomic mass is 19.4. The van der Waals surface area contributed by atoms with Crippen LogP contribution in [0.5, 0.6) is 0 Å². The lowest BCUT2D eigenvalue weighted by Crippen LogP contribution is -2.45. The van der Waals surface area contributed by atoms with Crippen LogP contribution in [0.15, 0.2) is 41.5 Å². The summed E-state index contributed by atoms with van der Waals surface area (Å²) in [6, 6.07) is 7.88. The summed E-state index contributed by atoms with van der Waals surface area (Å²) in [5, 5.41) is 10.8. The first-order valence-electron chi connectivity index (χ1n) is 9.39. The molecule has 0 saturated carbocycles. The molecule has 3 rings (SSSR count). The topological polar surface area (TPSA) is 57.5 Å². The SMILES string of the molecule is CN=C(NCCc1ccn(-c2ccc(F)cc2)n1)NC1CCN(CC(F)(F)F)C1. The summed E-state index contributed by atoms with van der Waals surface area (Å²) in [7, 11) is 1.63. The minimum absolute atomic E-state index is 0.0683. The number of nitrogens with zero attached hydrogens (tertiary/aromatic N) is 4. The average Bonchev–Trinajstić information content (AvgIpc) is 3.30. The fourth-order valence-electron chi connectivity index (χ4n) is 3.28. The van der Waals surface area contributed by atoms with Crippen molar-refractivity contribution in [3.63, 3.8) is 0 Å². The van der Waals surface area contributed by atoms with Crippen LogP contribution in [0.1, 0.15) is 12.1 Å². The number of hydrogen-bond acceptors (Lipinski definition) is 3. The molecule has 1 unspecified atom stereocenters. The van der Waals surface area contributed by atoms with Crippen molar-refractivity contribution in [3.8, 4) is 5.69 Å². The first-order chi connectivity index (χ1) is 13.8. The van der Waals surface area contributed by atoms with E-state index in [4.69, 9.17) is 0 Å². The average molecular weight is 412 g/mol. The summed E-state index contributed by atoms with van der Waals surface area (Å²) in [5.74, 6) is 0.259. The molecule has 0 spiro atoms. The molecule has 0 bridgehead atoms. The van der Waals surface area contributed by atoms with E-state index in [1.54, 1.807) is 23.9 Å². The highest BCUT2D eigenvalue weighted by Crippen LogP contribution is 2.19. The summed E-state index contributed by atoms with van der Waals surface area (Å²) in [4.78, 5) is 5.53. The van der Waals surface area contributed by atoms with Gasteiger partial charge in [0.2, 0.25) is 0 Å². The molecule has 1 aliphatic heterocycles. The first kappa shape index (κ1) is 21.1. The predicted molar refractivity (Wildman–Crippen MR) is 103 cm³/mol. The van der Waals surface area contributed by atoms with E-state index in [9.17, 15) is 17.6 Å². The number of alkyl halides is 3. The smallest absolute Gasteiger partial charge is 0.356 e. The van der Waals surface area contributed by atoms with E-state index in [2.05, 4.69) is 20.7 Å². The molecule has 6 nitrogen and oxygen atoms in total. The maximum atomic E-state index is 13.0. The molecule has 2 heterocycles. The minimum atomic E-state index is -4.17. The number of hydrogen-bond donors (Lipinski definition) is 2. The van der Waals surface area contributed by atoms with Crippen LogP contribution >= 0.6 is 0 Å².